The number of nitrogens with one attached hydrogen (secondary N) is 1. The standard InChI is InChI=1S/C22H37N3O5.C19H33N3O3/c1-22(2,3)29-19(26)13-17(12-8-11-16-9-6-5-7-10-16)21-24-18(25-30-21)14-23-15-20(27)28-4;1-19(2,3)24-17(23)12-15(18-21-16(13-20)22-25-18)11-7-10-14-8-5-4-6-9-14/h16-17,23H,5-15H2,1-4H3;14-15H,4-13,20H2,1-3H3/t17-;15-/m11/s1. The summed E-state index contributed by atoms with van der Waals surface area (Å²) in [6, 6.07) is 0. The highest BCUT2D eigenvalue weighted by Crippen LogP contribution is 2.33. The third-order valence-electron chi connectivity index (χ3n) is 10.1. The predicted molar refractivity (Wildman–Crippen MR) is 207 cm³/mol. The van der Waals surface area contributed by atoms with E-state index in [-0.39, 0.29) is 55.7 Å². The highest BCUT2D eigenvalue weighted by molar-refractivity contribution is 5.71. The van der Waals surface area contributed by atoms with E-state index in [1.807, 2.05) is 41.5 Å². The number of methoxy groups -OCH3 is 1. The van der Waals surface area contributed by atoms with Gasteiger partial charge in [-0.05, 0) is 66.2 Å². The molecule has 2 aromatic rings. The molecule has 0 aromatic carbocycles. The van der Waals surface area contributed by atoms with Crippen molar-refractivity contribution in [1.29, 1.82) is 0 Å². The van der Waals surface area contributed by atoms with Crippen molar-refractivity contribution in [2.45, 2.75) is 193 Å². The Morgan fingerprint density at radius 2 is 1.15 bits per heavy atom. The number of esters is 3. The summed E-state index contributed by atoms with van der Waals surface area (Å²) >= 11 is 0. The fourth-order valence-corrected chi connectivity index (χ4v) is 7.42. The van der Waals surface area contributed by atoms with Crippen LogP contribution in [0.1, 0.15) is 192 Å². The van der Waals surface area contributed by atoms with Crippen molar-refractivity contribution in [1.82, 2.24) is 25.6 Å². The maximum Gasteiger partial charge on any atom is 0.319 e. The third-order valence-corrected chi connectivity index (χ3v) is 10.1. The molecule has 3 N–H and O–H groups in total. The van der Waals surface area contributed by atoms with Gasteiger partial charge in [-0.25, -0.2) is 0 Å². The Morgan fingerprint density at radius 1 is 0.709 bits per heavy atom. The van der Waals surface area contributed by atoms with Gasteiger partial charge < -0.3 is 29.0 Å². The zero-order valence-electron chi connectivity index (χ0n) is 34.8. The van der Waals surface area contributed by atoms with Crippen LogP contribution in [0.25, 0.3) is 0 Å². The number of rotatable bonds is 19. The molecule has 2 saturated carbocycles. The van der Waals surface area contributed by atoms with E-state index < -0.39 is 11.2 Å². The Bertz CT molecular complexity index is 1400. The van der Waals surface area contributed by atoms with Crippen LogP contribution in [0.5, 0.6) is 0 Å². The van der Waals surface area contributed by atoms with E-state index in [4.69, 9.17) is 24.3 Å². The highest BCUT2D eigenvalue weighted by Gasteiger charge is 2.28. The van der Waals surface area contributed by atoms with E-state index in [0.29, 0.717) is 30.0 Å². The summed E-state index contributed by atoms with van der Waals surface area (Å²) in [5, 5.41) is 10.8. The molecule has 2 atom stereocenters. The Balaban J connectivity index is 0.000000300. The number of aromatic nitrogens is 4. The lowest BCUT2D eigenvalue weighted by Crippen LogP contribution is -2.25. The summed E-state index contributed by atoms with van der Waals surface area (Å²) in [4.78, 5) is 44.6. The van der Waals surface area contributed by atoms with Crippen molar-refractivity contribution in [3.63, 3.8) is 0 Å². The first kappa shape index (κ1) is 46.0. The summed E-state index contributed by atoms with van der Waals surface area (Å²) in [6.07, 6.45) is 20.1. The summed E-state index contributed by atoms with van der Waals surface area (Å²) in [5.41, 5.74) is 4.56. The lowest BCUT2D eigenvalue weighted by atomic mass is 9.84. The van der Waals surface area contributed by atoms with Crippen molar-refractivity contribution in [3.05, 3.63) is 23.4 Å². The van der Waals surface area contributed by atoms with Gasteiger partial charge in [0.05, 0.1) is 39.6 Å². The molecule has 2 fully saturated rings. The molecule has 0 amide bonds. The number of nitrogens with two attached hydrogens (primary N) is 1. The maximum atomic E-state index is 12.4. The predicted octanol–water partition coefficient (Wildman–Crippen LogP) is 7.99. The average molecular weight is 775 g/mol. The number of nitrogens with zero attached hydrogens (tertiary/aromatic N) is 4. The first-order valence-electron chi connectivity index (χ1n) is 20.7. The van der Waals surface area contributed by atoms with E-state index in [0.717, 1.165) is 37.5 Å². The SMILES string of the molecule is CC(C)(C)OC(=O)C[C@@H](CCCC1CCCCC1)c1nc(CN)no1.COC(=O)CNCc1noc([C@H](CCCC2CCCCC2)CC(=O)OC(C)(C)C)n1. The molecule has 312 valence electrons. The monoisotopic (exact) mass is 775 g/mol. The van der Waals surface area contributed by atoms with Gasteiger partial charge in [0, 0.05) is 11.8 Å². The van der Waals surface area contributed by atoms with Crippen molar-refractivity contribution >= 4 is 17.9 Å². The Kier molecular flexibility index (Phi) is 19.8. The number of carbonyl (C=O) groups is 3. The second-order valence-corrected chi connectivity index (χ2v) is 17.3. The van der Waals surface area contributed by atoms with Gasteiger partial charge in [-0.2, -0.15) is 9.97 Å². The van der Waals surface area contributed by atoms with Gasteiger partial charge in [0.2, 0.25) is 11.8 Å². The van der Waals surface area contributed by atoms with Crippen molar-refractivity contribution in [3.8, 4) is 0 Å². The van der Waals surface area contributed by atoms with Crippen LogP contribution in [0.3, 0.4) is 0 Å². The normalized spacial score (nSPS) is 16.8. The molecule has 0 bridgehead atoms. The largest absolute Gasteiger partial charge is 0.468 e. The Morgan fingerprint density at radius 3 is 1.55 bits per heavy atom. The van der Waals surface area contributed by atoms with Crippen LogP contribution in [-0.2, 0) is 41.7 Å². The topological polar surface area (TPSA) is 195 Å². The second-order valence-electron chi connectivity index (χ2n) is 17.3. The maximum absolute atomic E-state index is 12.4. The lowest BCUT2D eigenvalue weighted by Gasteiger charge is -2.23. The molecule has 2 aliphatic carbocycles. The molecule has 14 heteroatoms. The highest BCUT2D eigenvalue weighted by atomic mass is 16.6. The summed E-state index contributed by atoms with van der Waals surface area (Å²) in [5.74, 6) is 2.44. The van der Waals surface area contributed by atoms with Crippen molar-refractivity contribution in [2.75, 3.05) is 13.7 Å². The molecule has 2 heterocycles. The van der Waals surface area contributed by atoms with Gasteiger partial charge in [-0.3, -0.25) is 19.7 Å². The van der Waals surface area contributed by atoms with E-state index in [1.165, 1.54) is 84.2 Å². The quantitative estimate of drug-likeness (QED) is 0.103. The van der Waals surface area contributed by atoms with Gasteiger partial charge in [0.15, 0.2) is 11.6 Å². The van der Waals surface area contributed by atoms with Crippen LogP contribution in [-0.4, -0.2) is 63.0 Å². The summed E-state index contributed by atoms with van der Waals surface area (Å²) in [6.45, 7) is 11.8. The van der Waals surface area contributed by atoms with Crippen LogP contribution in [0.2, 0.25) is 0 Å². The minimum absolute atomic E-state index is 0.0725. The van der Waals surface area contributed by atoms with Crippen LogP contribution in [0.15, 0.2) is 9.05 Å². The zero-order chi connectivity index (χ0) is 40.3. The Labute approximate surface area is 328 Å². The van der Waals surface area contributed by atoms with E-state index in [9.17, 15) is 14.4 Å². The lowest BCUT2D eigenvalue weighted by molar-refractivity contribution is -0.156. The summed E-state index contributed by atoms with van der Waals surface area (Å²) in [7, 11) is 1.34. The van der Waals surface area contributed by atoms with Crippen molar-refractivity contribution < 1.29 is 37.6 Å². The number of hydrogen-bond donors (Lipinski definition) is 2. The smallest absolute Gasteiger partial charge is 0.319 e. The third kappa shape index (κ3) is 19.4. The van der Waals surface area contributed by atoms with Crippen LogP contribution in [0, 0.1) is 11.8 Å². The molecule has 0 radical (unpaired) electrons. The van der Waals surface area contributed by atoms with Crippen LogP contribution >= 0.6 is 0 Å². The van der Waals surface area contributed by atoms with E-state index >= 15 is 0 Å². The van der Waals surface area contributed by atoms with E-state index in [1.54, 1.807) is 0 Å². The molecule has 2 aliphatic rings. The molecule has 4 rings (SSSR count). The minimum atomic E-state index is -0.526. The first-order chi connectivity index (χ1) is 26.1. The number of ether oxygens (including phenoxy) is 3. The van der Waals surface area contributed by atoms with E-state index in [2.05, 4.69) is 30.3 Å². The zero-order valence-corrected chi connectivity index (χ0v) is 34.8. The molecule has 0 spiro atoms. The molecular formula is C41H70N6O8. The molecule has 0 saturated heterocycles. The molecule has 14 nitrogen and oxygen atoms in total. The van der Waals surface area contributed by atoms with Crippen molar-refractivity contribution in [2.24, 2.45) is 17.6 Å². The Hall–Kier alpha value is -3.39. The second kappa shape index (κ2) is 23.6. The number of carbonyl (C=O) groups excluding carboxylic acids is 3. The van der Waals surface area contributed by atoms with Gasteiger partial charge in [0.1, 0.15) is 11.2 Å². The van der Waals surface area contributed by atoms with Gasteiger partial charge >= 0.3 is 17.9 Å². The molecular weight excluding hydrogens is 704 g/mol. The average Bonchev–Trinajstić information content (AvgIpc) is 3.81. The van der Waals surface area contributed by atoms with Crippen LogP contribution < -0.4 is 11.1 Å². The van der Waals surface area contributed by atoms with Gasteiger partial charge in [-0.1, -0.05) is 100 Å². The fraction of sp³-hybridized carbons (Fsp3) is 0.829. The first-order valence-corrected chi connectivity index (χ1v) is 20.7. The molecule has 55 heavy (non-hydrogen) atoms. The molecule has 0 unspecified atom stereocenters. The van der Waals surface area contributed by atoms with Crippen LogP contribution in [0.4, 0.5) is 0 Å². The number of hydrogen-bond acceptors (Lipinski definition) is 14. The fourth-order valence-electron chi connectivity index (χ4n) is 7.42. The van der Waals surface area contributed by atoms with Gasteiger partial charge in [-0.15, -0.1) is 0 Å². The minimum Gasteiger partial charge on any atom is -0.468 e. The molecule has 2 aromatic heterocycles. The van der Waals surface area contributed by atoms with Gasteiger partial charge in [0.25, 0.3) is 0 Å². The summed E-state index contributed by atoms with van der Waals surface area (Å²) < 4.78 is 26.4. The molecule has 0 aliphatic heterocycles.